The molecule has 1 aromatic heterocycles. The van der Waals surface area contributed by atoms with E-state index in [0.717, 1.165) is 17.9 Å². The molecule has 1 saturated carbocycles. The maximum atomic E-state index is 3.51. The topological polar surface area (TPSA) is 12.0 Å². The second-order valence-corrected chi connectivity index (χ2v) is 6.22. The number of rotatable bonds is 4. The fraction of sp³-hybridized carbons (Fsp3) is 0.714. The van der Waals surface area contributed by atoms with E-state index in [2.05, 4.69) is 36.8 Å². The number of thiophene rings is 1. The third kappa shape index (κ3) is 3.08. The first kappa shape index (κ1) is 12.1. The predicted octanol–water partition coefficient (Wildman–Crippen LogP) is 3.70. The van der Waals surface area contributed by atoms with Crippen molar-refractivity contribution in [3.05, 3.63) is 22.4 Å². The Morgan fingerprint density at radius 1 is 1.44 bits per heavy atom. The summed E-state index contributed by atoms with van der Waals surface area (Å²) >= 11 is 1.90. The van der Waals surface area contributed by atoms with Gasteiger partial charge in [0.2, 0.25) is 0 Å². The first-order chi connectivity index (χ1) is 7.79. The Kier molecular flexibility index (Phi) is 4.42. The molecule has 90 valence electrons. The van der Waals surface area contributed by atoms with Gasteiger partial charge in [-0.25, -0.2) is 0 Å². The Hall–Kier alpha value is -0.340. The van der Waals surface area contributed by atoms with E-state index in [0.29, 0.717) is 0 Å². The van der Waals surface area contributed by atoms with Crippen molar-refractivity contribution in [1.29, 1.82) is 0 Å². The van der Waals surface area contributed by atoms with Crippen LogP contribution in [0, 0.1) is 11.8 Å². The smallest absolute Gasteiger partial charge is 0.00926 e. The van der Waals surface area contributed by atoms with Crippen LogP contribution in [0.25, 0.3) is 0 Å². The Balaban J connectivity index is 1.85. The zero-order valence-electron chi connectivity index (χ0n) is 10.4. The number of nitrogens with one attached hydrogen (secondary N) is 1. The molecule has 0 aromatic carbocycles. The summed E-state index contributed by atoms with van der Waals surface area (Å²) in [5.41, 5.74) is 0. The second-order valence-electron chi connectivity index (χ2n) is 5.19. The van der Waals surface area contributed by atoms with Crippen LogP contribution in [0.1, 0.15) is 37.5 Å². The first-order valence-electron chi connectivity index (χ1n) is 6.49. The summed E-state index contributed by atoms with van der Waals surface area (Å²) in [7, 11) is 2.12. The van der Waals surface area contributed by atoms with Gasteiger partial charge in [0.25, 0.3) is 0 Å². The molecule has 2 heteroatoms. The number of aryl methyl sites for hydroxylation is 1. The second kappa shape index (κ2) is 5.83. The third-order valence-electron chi connectivity index (χ3n) is 3.96. The van der Waals surface area contributed by atoms with Crippen LogP contribution in [0.4, 0.5) is 0 Å². The summed E-state index contributed by atoms with van der Waals surface area (Å²) < 4.78 is 0. The van der Waals surface area contributed by atoms with E-state index in [1.54, 1.807) is 4.88 Å². The summed E-state index contributed by atoms with van der Waals surface area (Å²) in [6, 6.07) is 5.20. The fourth-order valence-corrected chi connectivity index (χ4v) is 3.71. The van der Waals surface area contributed by atoms with Gasteiger partial charge in [0.1, 0.15) is 0 Å². The average molecular weight is 237 g/mol. The van der Waals surface area contributed by atoms with Crippen LogP contribution in [0.15, 0.2) is 17.5 Å². The van der Waals surface area contributed by atoms with Crippen LogP contribution < -0.4 is 5.32 Å². The summed E-state index contributed by atoms with van der Waals surface area (Å²) in [6.07, 6.45) is 6.81. The third-order valence-corrected chi connectivity index (χ3v) is 4.89. The molecular weight excluding hydrogens is 214 g/mol. The molecule has 16 heavy (non-hydrogen) atoms. The van der Waals surface area contributed by atoms with E-state index in [-0.39, 0.29) is 0 Å². The minimum atomic E-state index is 0.760. The SMILES string of the molecule is CNC1CCC(C)CC1CCc1cccs1. The molecule has 0 radical (unpaired) electrons. The quantitative estimate of drug-likeness (QED) is 0.842. The van der Waals surface area contributed by atoms with Gasteiger partial charge in [-0.2, -0.15) is 0 Å². The van der Waals surface area contributed by atoms with Crippen molar-refractivity contribution in [3.8, 4) is 0 Å². The zero-order chi connectivity index (χ0) is 11.4. The van der Waals surface area contributed by atoms with Crippen LogP contribution in [0.2, 0.25) is 0 Å². The molecule has 2 rings (SSSR count). The van der Waals surface area contributed by atoms with Gasteiger partial charge in [0, 0.05) is 10.9 Å². The molecule has 0 bridgehead atoms. The minimum Gasteiger partial charge on any atom is -0.317 e. The highest BCUT2D eigenvalue weighted by molar-refractivity contribution is 7.09. The summed E-state index contributed by atoms with van der Waals surface area (Å²) in [4.78, 5) is 1.55. The molecule has 1 nitrogen and oxygen atoms in total. The van der Waals surface area contributed by atoms with Crippen molar-refractivity contribution < 1.29 is 0 Å². The van der Waals surface area contributed by atoms with E-state index in [1.165, 1.54) is 32.1 Å². The lowest BCUT2D eigenvalue weighted by atomic mass is 9.76. The van der Waals surface area contributed by atoms with Crippen molar-refractivity contribution in [2.75, 3.05) is 7.05 Å². The van der Waals surface area contributed by atoms with Crippen LogP contribution in [-0.4, -0.2) is 13.1 Å². The highest BCUT2D eigenvalue weighted by Gasteiger charge is 2.26. The van der Waals surface area contributed by atoms with Gasteiger partial charge in [-0.3, -0.25) is 0 Å². The van der Waals surface area contributed by atoms with E-state index in [4.69, 9.17) is 0 Å². The van der Waals surface area contributed by atoms with Crippen molar-refractivity contribution in [2.45, 2.75) is 45.1 Å². The van der Waals surface area contributed by atoms with Crippen LogP contribution in [0.5, 0.6) is 0 Å². The Morgan fingerprint density at radius 3 is 3.00 bits per heavy atom. The highest BCUT2D eigenvalue weighted by atomic mass is 32.1. The standard InChI is InChI=1S/C14H23NS/c1-11-5-8-14(15-2)12(10-11)6-7-13-4-3-9-16-13/h3-4,9,11-12,14-15H,5-8,10H2,1-2H3. The largest absolute Gasteiger partial charge is 0.317 e. The zero-order valence-corrected chi connectivity index (χ0v) is 11.2. The fourth-order valence-electron chi connectivity index (χ4n) is 2.98. The molecule has 0 aliphatic heterocycles. The molecule has 1 aliphatic carbocycles. The number of hydrogen-bond acceptors (Lipinski definition) is 2. The van der Waals surface area contributed by atoms with E-state index >= 15 is 0 Å². The van der Waals surface area contributed by atoms with Gasteiger partial charge in [0.15, 0.2) is 0 Å². The lowest BCUT2D eigenvalue weighted by molar-refractivity contribution is 0.211. The van der Waals surface area contributed by atoms with Crippen molar-refractivity contribution in [2.24, 2.45) is 11.8 Å². The lowest BCUT2D eigenvalue weighted by Crippen LogP contribution is -2.38. The molecule has 3 unspecified atom stereocenters. The van der Waals surface area contributed by atoms with Gasteiger partial charge in [0.05, 0.1) is 0 Å². The molecule has 1 aliphatic rings. The maximum Gasteiger partial charge on any atom is 0.00926 e. The van der Waals surface area contributed by atoms with Gasteiger partial charge >= 0.3 is 0 Å². The molecule has 1 N–H and O–H groups in total. The summed E-state index contributed by atoms with van der Waals surface area (Å²) in [5.74, 6) is 1.81. The molecule has 0 saturated heterocycles. The molecular formula is C14H23NS. The lowest BCUT2D eigenvalue weighted by Gasteiger charge is -2.34. The molecule has 0 amide bonds. The van der Waals surface area contributed by atoms with Gasteiger partial charge < -0.3 is 5.32 Å². The highest BCUT2D eigenvalue weighted by Crippen LogP contribution is 2.32. The van der Waals surface area contributed by atoms with Gasteiger partial charge in [-0.1, -0.05) is 13.0 Å². The van der Waals surface area contributed by atoms with Crippen LogP contribution >= 0.6 is 11.3 Å². The summed E-state index contributed by atoms with van der Waals surface area (Å²) in [6.45, 7) is 2.41. The van der Waals surface area contributed by atoms with E-state index in [1.807, 2.05) is 11.3 Å². The van der Waals surface area contributed by atoms with Crippen molar-refractivity contribution in [1.82, 2.24) is 5.32 Å². The monoisotopic (exact) mass is 237 g/mol. The molecule has 1 aromatic rings. The normalized spacial score (nSPS) is 30.5. The van der Waals surface area contributed by atoms with Crippen molar-refractivity contribution in [3.63, 3.8) is 0 Å². The molecule has 1 fully saturated rings. The van der Waals surface area contributed by atoms with Crippen molar-refractivity contribution >= 4 is 11.3 Å². The Morgan fingerprint density at radius 2 is 2.31 bits per heavy atom. The molecule has 0 spiro atoms. The van der Waals surface area contributed by atoms with Gasteiger partial charge in [-0.15, -0.1) is 11.3 Å². The van der Waals surface area contributed by atoms with E-state index < -0.39 is 0 Å². The molecule has 3 atom stereocenters. The summed E-state index contributed by atoms with van der Waals surface area (Å²) in [5, 5.41) is 5.70. The predicted molar refractivity (Wildman–Crippen MR) is 72.0 cm³/mol. The number of hydrogen-bond donors (Lipinski definition) is 1. The average Bonchev–Trinajstić information content (AvgIpc) is 2.79. The minimum absolute atomic E-state index is 0.760. The molecule has 1 heterocycles. The van der Waals surface area contributed by atoms with Crippen LogP contribution in [-0.2, 0) is 6.42 Å². The first-order valence-corrected chi connectivity index (χ1v) is 7.37. The van der Waals surface area contributed by atoms with Crippen LogP contribution in [0.3, 0.4) is 0 Å². The Bertz CT molecular complexity index is 294. The van der Waals surface area contributed by atoms with Gasteiger partial charge in [-0.05, 0) is 62.4 Å². The Labute approximate surface area is 103 Å². The van der Waals surface area contributed by atoms with E-state index in [9.17, 15) is 0 Å². The maximum absolute atomic E-state index is 3.51.